The smallest absolute Gasteiger partial charge is 0.149 e. The van der Waals surface area contributed by atoms with Crippen molar-refractivity contribution in [3.8, 4) is 0 Å². The Morgan fingerprint density at radius 1 is 1.58 bits per heavy atom. The van der Waals surface area contributed by atoms with E-state index in [1.165, 1.54) is 0 Å². The number of halogens is 1. The number of nitrogens with one attached hydrogen (secondary N) is 1. The predicted octanol–water partition coefficient (Wildman–Crippen LogP) is 0.797. The van der Waals surface area contributed by atoms with Gasteiger partial charge in [-0.3, -0.25) is 0 Å². The van der Waals surface area contributed by atoms with Gasteiger partial charge in [0.2, 0.25) is 0 Å². The van der Waals surface area contributed by atoms with Crippen LogP contribution < -0.4 is 16.8 Å². The van der Waals surface area contributed by atoms with E-state index < -0.39 is 0 Å². The number of anilines is 2. The molecule has 66 valence electrons. The minimum atomic E-state index is 0.567. The van der Waals surface area contributed by atoms with Crippen LogP contribution in [-0.2, 0) is 0 Å². The van der Waals surface area contributed by atoms with Crippen molar-refractivity contribution in [1.82, 2.24) is 4.98 Å². The Morgan fingerprint density at radius 2 is 2.33 bits per heavy atom. The molecular formula is C7H11BrN4. The molecule has 5 heteroatoms. The maximum atomic E-state index is 5.67. The van der Waals surface area contributed by atoms with Gasteiger partial charge in [-0.05, 0) is 22.0 Å². The summed E-state index contributed by atoms with van der Waals surface area (Å²) in [6, 6.07) is 1.80. The third-order valence-corrected chi connectivity index (χ3v) is 1.75. The van der Waals surface area contributed by atoms with E-state index in [0.29, 0.717) is 24.6 Å². The largest absolute Gasteiger partial charge is 0.396 e. The van der Waals surface area contributed by atoms with Gasteiger partial charge in [-0.25, -0.2) is 4.98 Å². The summed E-state index contributed by atoms with van der Waals surface area (Å²) in [5.74, 6) is 0.684. The lowest BCUT2D eigenvalue weighted by molar-refractivity contribution is 1.01. The molecule has 12 heavy (non-hydrogen) atoms. The third kappa shape index (κ3) is 2.35. The molecule has 0 atom stereocenters. The van der Waals surface area contributed by atoms with Crippen molar-refractivity contribution in [2.75, 3.05) is 24.1 Å². The van der Waals surface area contributed by atoms with Crippen molar-refractivity contribution < 1.29 is 0 Å². The molecule has 0 saturated carbocycles. The maximum Gasteiger partial charge on any atom is 0.149 e. The Labute approximate surface area is 79.5 Å². The molecule has 0 unspecified atom stereocenters. The van der Waals surface area contributed by atoms with Crippen LogP contribution in [0.25, 0.3) is 0 Å². The van der Waals surface area contributed by atoms with Crippen molar-refractivity contribution in [1.29, 1.82) is 0 Å². The fourth-order valence-corrected chi connectivity index (χ4v) is 1.14. The Balaban J connectivity index is 2.72. The molecule has 1 aromatic heterocycles. The van der Waals surface area contributed by atoms with Gasteiger partial charge in [-0.1, -0.05) is 0 Å². The summed E-state index contributed by atoms with van der Waals surface area (Å²) in [6.45, 7) is 1.25. The first-order chi connectivity index (χ1) is 5.74. The molecule has 0 saturated heterocycles. The Kier molecular flexibility index (Phi) is 3.31. The molecule has 5 N–H and O–H groups in total. The second kappa shape index (κ2) is 4.27. The van der Waals surface area contributed by atoms with Gasteiger partial charge >= 0.3 is 0 Å². The number of nitrogen functional groups attached to an aromatic ring is 1. The van der Waals surface area contributed by atoms with Crippen LogP contribution in [0.2, 0.25) is 0 Å². The average molecular weight is 231 g/mol. The molecule has 0 bridgehead atoms. The zero-order valence-electron chi connectivity index (χ0n) is 6.55. The Morgan fingerprint density at radius 3 is 2.92 bits per heavy atom. The van der Waals surface area contributed by atoms with E-state index in [1.807, 2.05) is 0 Å². The van der Waals surface area contributed by atoms with E-state index in [4.69, 9.17) is 11.5 Å². The molecular weight excluding hydrogens is 220 g/mol. The number of nitrogens with two attached hydrogens (primary N) is 2. The van der Waals surface area contributed by atoms with Crippen molar-refractivity contribution >= 4 is 27.4 Å². The summed E-state index contributed by atoms with van der Waals surface area (Å²) in [7, 11) is 0. The molecule has 0 aliphatic carbocycles. The predicted molar refractivity (Wildman–Crippen MR) is 53.9 cm³/mol. The van der Waals surface area contributed by atoms with Gasteiger partial charge in [0, 0.05) is 23.8 Å². The monoisotopic (exact) mass is 230 g/mol. The topological polar surface area (TPSA) is 77.0 Å². The summed E-state index contributed by atoms with van der Waals surface area (Å²) < 4.78 is 0.873. The zero-order chi connectivity index (χ0) is 8.97. The second-order valence-corrected chi connectivity index (χ2v) is 3.22. The van der Waals surface area contributed by atoms with Crippen molar-refractivity contribution in [3.05, 3.63) is 16.7 Å². The van der Waals surface area contributed by atoms with Crippen LogP contribution in [0.4, 0.5) is 11.5 Å². The van der Waals surface area contributed by atoms with Crippen LogP contribution in [0.1, 0.15) is 0 Å². The summed E-state index contributed by atoms with van der Waals surface area (Å²) in [5, 5.41) is 3.01. The fraction of sp³-hybridized carbons (Fsp3) is 0.286. The highest BCUT2D eigenvalue weighted by Crippen LogP contribution is 2.19. The van der Waals surface area contributed by atoms with E-state index >= 15 is 0 Å². The first-order valence-corrected chi connectivity index (χ1v) is 4.38. The summed E-state index contributed by atoms with van der Waals surface area (Å²) in [4.78, 5) is 4.08. The first kappa shape index (κ1) is 9.28. The highest BCUT2D eigenvalue weighted by Gasteiger charge is 1.98. The number of pyridine rings is 1. The Bertz CT molecular complexity index is 264. The molecule has 1 rings (SSSR count). The van der Waals surface area contributed by atoms with E-state index in [9.17, 15) is 0 Å². The van der Waals surface area contributed by atoms with Gasteiger partial charge in [0.25, 0.3) is 0 Å². The van der Waals surface area contributed by atoms with Gasteiger partial charge in [-0.15, -0.1) is 0 Å². The highest BCUT2D eigenvalue weighted by atomic mass is 79.9. The molecule has 0 aliphatic rings. The normalized spacial score (nSPS) is 9.83. The molecule has 1 aromatic rings. The SMILES string of the molecule is NCCNc1ncc(Br)cc1N. The van der Waals surface area contributed by atoms with Crippen LogP contribution in [-0.4, -0.2) is 18.1 Å². The fourth-order valence-electron chi connectivity index (χ4n) is 0.793. The molecule has 0 radical (unpaired) electrons. The number of rotatable bonds is 3. The van der Waals surface area contributed by atoms with Crippen molar-refractivity contribution in [2.45, 2.75) is 0 Å². The summed E-state index contributed by atoms with van der Waals surface area (Å²) in [6.07, 6.45) is 1.69. The molecule has 0 amide bonds. The van der Waals surface area contributed by atoms with E-state index in [1.54, 1.807) is 12.3 Å². The van der Waals surface area contributed by atoms with Gasteiger partial charge in [0.05, 0.1) is 5.69 Å². The number of aromatic nitrogens is 1. The van der Waals surface area contributed by atoms with Crippen LogP contribution in [0.3, 0.4) is 0 Å². The van der Waals surface area contributed by atoms with Crippen molar-refractivity contribution in [3.63, 3.8) is 0 Å². The number of nitrogens with zero attached hydrogens (tertiary/aromatic N) is 1. The summed E-state index contributed by atoms with van der Waals surface area (Å²) in [5.41, 5.74) is 11.6. The van der Waals surface area contributed by atoms with Gasteiger partial charge in [0.1, 0.15) is 5.82 Å². The van der Waals surface area contributed by atoms with Gasteiger partial charge < -0.3 is 16.8 Å². The van der Waals surface area contributed by atoms with E-state index in [2.05, 4.69) is 26.2 Å². The van der Waals surface area contributed by atoms with Crippen LogP contribution in [0, 0.1) is 0 Å². The maximum absolute atomic E-state index is 5.67. The van der Waals surface area contributed by atoms with E-state index in [-0.39, 0.29) is 0 Å². The zero-order valence-corrected chi connectivity index (χ0v) is 8.13. The minimum absolute atomic E-state index is 0.567. The summed E-state index contributed by atoms with van der Waals surface area (Å²) >= 11 is 3.27. The van der Waals surface area contributed by atoms with Gasteiger partial charge in [-0.2, -0.15) is 0 Å². The standard InChI is InChI=1S/C7H11BrN4/c8-5-3-6(10)7(12-4-5)11-2-1-9/h3-4H,1-2,9-10H2,(H,11,12). The van der Waals surface area contributed by atoms with Gasteiger partial charge in [0.15, 0.2) is 0 Å². The second-order valence-electron chi connectivity index (χ2n) is 2.31. The minimum Gasteiger partial charge on any atom is -0.396 e. The lowest BCUT2D eigenvalue weighted by Crippen LogP contribution is -2.14. The number of hydrogen-bond donors (Lipinski definition) is 3. The highest BCUT2D eigenvalue weighted by molar-refractivity contribution is 9.10. The van der Waals surface area contributed by atoms with E-state index in [0.717, 1.165) is 4.47 Å². The molecule has 0 fully saturated rings. The molecule has 0 spiro atoms. The average Bonchev–Trinajstić information content (AvgIpc) is 2.03. The molecule has 0 aliphatic heterocycles. The van der Waals surface area contributed by atoms with Crippen LogP contribution in [0.15, 0.2) is 16.7 Å². The molecule has 0 aromatic carbocycles. The lowest BCUT2D eigenvalue weighted by atomic mass is 10.4. The molecule has 1 heterocycles. The first-order valence-electron chi connectivity index (χ1n) is 3.59. The lowest BCUT2D eigenvalue weighted by Gasteiger charge is -2.06. The van der Waals surface area contributed by atoms with Crippen LogP contribution in [0.5, 0.6) is 0 Å². The molecule has 4 nitrogen and oxygen atoms in total. The number of hydrogen-bond acceptors (Lipinski definition) is 4. The van der Waals surface area contributed by atoms with Crippen LogP contribution >= 0.6 is 15.9 Å². The quantitative estimate of drug-likeness (QED) is 0.718. The third-order valence-electron chi connectivity index (χ3n) is 1.32. The van der Waals surface area contributed by atoms with Crippen molar-refractivity contribution in [2.24, 2.45) is 5.73 Å². The Hall–Kier alpha value is -0.810.